The van der Waals surface area contributed by atoms with Crippen LogP contribution in [0.1, 0.15) is 24.5 Å². The van der Waals surface area contributed by atoms with Crippen LogP contribution in [-0.4, -0.2) is 51.6 Å². The van der Waals surface area contributed by atoms with Crippen molar-refractivity contribution in [2.75, 3.05) is 43.6 Å². The van der Waals surface area contributed by atoms with E-state index in [0.29, 0.717) is 12.1 Å². The lowest BCUT2D eigenvalue weighted by atomic mass is 10.1. The molecule has 0 aromatic heterocycles. The predicted octanol–water partition coefficient (Wildman–Crippen LogP) is 1.92. The SMILES string of the molecule is CN(CCCCNCC(O)c1ccc(O)c(S(C)(=O)=O)c1)c1ccc(N)cc1. The van der Waals surface area contributed by atoms with Crippen LogP contribution in [0.4, 0.5) is 11.4 Å². The summed E-state index contributed by atoms with van der Waals surface area (Å²) in [6, 6.07) is 11.9. The number of phenols is 1. The van der Waals surface area contributed by atoms with Crippen molar-refractivity contribution in [2.24, 2.45) is 0 Å². The molecule has 0 amide bonds. The normalized spacial score (nSPS) is 12.7. The van der Waals surface area contributed by atoms with Crippen molar-refractivity contribution in [1.29, 1.82) is 0 Å². The van der Waals surface area contributed by atoms with E-state index in [1.54, 1.807) is 0 Å². The fraction of sp³-hybridized carbons (Fsp3) is 0.400. The van der Waals surface area contributed by atoms with Crippen molar-refractivity contribution in [2.45, 2.75) is 23.8 Å². The van der Waals surface area contributed by atoms with Crippen LogP contribution in [0.15, 0.2) is 47.4 Å². The standard InChI is InChI=1S/C20H29N3O4S/c1-23(17-8-6-16(21)7-9-17)12-4-3-11-22-14-19(25)15-5-10-18(24)20(13-15)28(2,26)27/h5-10,13,19,22,24-25H,3-4,11-12,14,21H2,1-2H3. The number of aromatic hydroxyl groups is 1. The summed E-state index contributed by atoms with van der Waals surface area (Å²) in [6.07, 6.45) is 2.11. The number of rotatable bonds is 10. The van der Waals surface area contributed by atoms with E-state index in [2.05, 4.69) is 10.2 Å². The number of unbranched alkanes of at least 4 members (excludes halogenated alkanes) is 1. The maximum Gasteiger partial charge on any atom is 0.179 e. The molecule has 1 atom stereocenters. The number of phenolic OH excluding ortho intramolecular Hbond substituents is 1. The average Bonchev–Trinajstić information content (AvgIpc) is 2.64. The molecular formula is C20H29N3O4S. The van der Waals surface area contributed by atoms with Gasteiger partial charge in [-0.1, -0.05) is 6.07 Å². The topological polar surface area (TPSA) is 116 Å². The highest BCUT2D eigenvalue weighted by atomic mass is 32.2. The first-order valence-electron chi connectivity index (χ1n) is 9.17. The molecular weight excluding hydrogens is 378 g/mol. The van der Waals surface area contributed by atoms with Gasteiger partial charge in [0, 0.05) is 37.8 Å². The van der Waals surface area contributed by atoms with Crippen LogP contribution >= 0.6 is 0 Å². The van der Waals surface area contributed by atoms with Crippen molar-refractivity contribution in [3.63, 3.8) is 0 Å². The van der Waals surface area contributed by atoms with Gasteiger partial charge in [-0.2, -0.15) is 0 Å². The Kier molecular flexibility index (Phi) is 7.68. The number of aliphatic hydroxyl groups is 1. The summed E-state index contributed by atoms with van der Waals surface area (Å²) in [5.41, 5.74) is 8.01. The van der Waals surface area contributed by atoms with Crippen LogP contribution in [0.5, 0.6) is 5.75 Å². The molecule has 2 rings (SSSR count). The van der Waals surface area contributed by atoms with Crippen molar-refractivity contribution < 1.29 is 18.6 Å². The number of benzene rings is 2. The zero-order chi connectivity index (χ0) is 20.7. The van der Waals surface area contributed by atoms with Crippen LogP contribution in [0.25, 0.3) is 0 Å². The van der Waals surface area contributed by atoms with E-state index < -0.39 is 15.9 Å². The Balaban J connectivity index is 1.73. The summed E-state index contributed by atoms with van der Waals surface area (Å²) in [5, 5.41) is 23.1. The second-order valence-electron chi connectivity index (χ2n) is 6.94. The number of aliphatic hydroxyl groups excluding tert-OH is 1. The van der Waals surface area contributed by atoms with Crippen molar-refractivity contribution in [1.82, 2.24) is 5.32 Å². The Morgan fingerprint density at radius 1 is 1.14 bits per heavy atom. The molecule has 0 aliphatic rings. The molecule has 0 aliphatic heterocycles. The summed E-state index contributed by atoms with van der Waals surface area (Å²) < 4.78 is 23.3. The molecule has 2 aromatic rings. The average molecular weight is 408 g/mol. The summed E-state index contributed by atoms with van der Waals surface area (Å²) in [5.74, 6) is -0.309. The third-order valence-corrected chi connectivity index (χ3v) is 5.66. The summed E-state index contributed by atoms with van der Waals surface area (Å²) in [6.45, 7) is 1.95. The molecule has 0 saturated carbocycles. The van der Waals surface area contributed by atoms with Crippen molar-refractivity contribution in [3.8, 4) is 5.75 Å². The van der Waals surface area contributed by atoms with Gasteiger partial charge in [0.05, 0.1) is 6.10 Å². The van der Waals surface area contributed by atoms with Gasteiger partial charge in [-0.3, -0.25) is 0 Å². The molecule has 0 spiro atoms. The maximum absolute atomic E-state index is 11.7. The Labute approximate surface area is 166 Å². The Morgan fingerprint density at radius 3 is 2.46 bits per heavy atom. The van der Waals surface area contributed by atoms with Crippen LogP contribution in [0.2, 0.25) is 0 Å². The fourth-order valence-electron chi connectivity index (χ4n) is 2.85. The minimum absolute atomic E-state index is 0.172. The molecule has 7 nitrogen and oxygen atoms in total. The zero-order valence-electron chi connectivity index (χ0n) is 16.3. The highest BCUT2D eigenvalue weighted by molar-refractivity contribution is 7.90. The Hall–Kier alpha value is -2.29. The molecule has 0 bridgehead atoms. The fourth-order valence-corrected chi connectivity index (χ4v) is 3.65. The number of hydrogen-bond donors (Lipinski definition) is 4. The van der Waals surface area contributed by atoms with Crippen LogP contribution in [-0.2, 0) is 9.84 Å². The van der Waals surface area contributed by atoms with Crippen molar-refractivity contribution >= 4 is 21.2 Å². The smallest absolute Gasteiger partial charge is 0.179 e. The van der Waals surface area contributed by atoms with E-state index in [-0.39, 0.29) is 10.6 Å². The zero-order valence-corrected chi connectivity index (χ0v) is 17.1. The Bertz CT molecular complexity index is 870. The van der Waals surface area contributed by atoms with Gasteiger partial charge in [-0.05, 0) is 61.3 Å². The monoisotopic (exact) mass is 407 g/mol. The first kappa shape index (κ1) is 22.0. The second kappa shape index (κ2) is 9.77. The van der Waals surface area contributed by atoms with Gasteiger partial charge in [-0.15, -0.1) is 0 Å². The third-order valence-electron chi connectivity index (χ3n) is 4.54. The molecule has 1 unspecified atom stereocenters. The van der Waals surface area contributed by atoms with E-state index in [4.69, 9.17) is 5.73 Å². The maximum atomic E-state index is 11.7. The lowest BCUT2D eigenvalue weighted by molar-refractivity contribution is 0.174. The second-order valence-corrected chi connectivity index (χ2v) is 8.92. The van der Waals surface area contributed by atoms with E-state index in [1.807, 2.05) is 31.3 Å². The van der Waals surface area contributed by atoms with Gasteiger partial charge < -0.3 is 26.2 Å². The van der Waals surface area contributed by atoms with Crippen LogP contribution < -0.4 is 16.0 Å². The number of anilines is 2. The Morgan fingerprint density at radius 2 is 1.82 bits per heavy atom. The number of nitrogen functional groups attached to an aromatic ring is 1. The van der Waals surface area contributed by atoms with Gasteiger partial charge in [0.1, 0.15) is 10.6 Å². The number of nitrogens with two attached hydrogens (primary N) is 1. The largest absolute Gasteiger partial charge is 0.507 e. The van der Waals surface area contributed by atoms with Crippen molar-refractivity contribution in [3.05, 3.63) is 48.0 Å². The van der Waals surface area contributed by atoms with Gasteiger partial charge in [0.15, 0.2) is 9.84 Å². The predicted molar refractivity (Wildman–Crippen MR) is 112 cm³/mol. The minimum Gasteiger partial charge on any atom is -0.507 e. The van der Waals surface area contributed by atoms with Gasteiger partial charge in [0.2, 0.25) is 0 Å². The van der Waals surface area contributed by atoms with Gasteiger partial charge >= 0.3 is 0 Å². The molecule has 8 heteroatoms. The molecule has 5 N–H and O–H groups in total. The molecule has 2 aromatic carbocycles. The number of nitrogens with zero attached hydrogens (tertiary/aromatic N) is 1. The molecule has 0 heterocycles. The van der Waals surface area contributed by atoms with E-state index in [1.165, 1.54) is 18.2 Å². The summed E-state index contributed by atoms with van der Waals surface area (Å²) in [7, 11) is -1.51. The highest BCUT2D eigenvalue weighted by Gasteiger charge is 2.16. The van der Waals surface area contributed by atoms with Crippen LogP contribution in [0, 0.1) is 0 Å². The van der Waals surface area contributed by atoms with Crippen LogP contribution in [0.3, 0.4) is 0 Å². The quantitative estimate of drug-likeness (QED) is 0.351. The lowest BCUT2D eigenvalue weighted by Crippen LogP contribution is -2.24. The molecule has 154 valence electrons. The van der Waals surface area contributed by atoms with E-state index >= 15 is 0 Å². The summed E-state index contributed by atoms with van der Waals surface area (Å²) in [4.78, 5) is 1.99. The molecule has 0 fully saturated rings. The van der Waals surface area contributed by atoms with Gasteiger partial charge in [-0.25, -0.2) is 8.42 Å². The highest BCUT2D eigenvalue weighted by Crippen LogP contribution is 2.26. The van der Waals surface area contributed by atoms with E-state index in [9.17, 15) is 18.6 Å². The third kappa shape index (κ3) is 6.40. The van der Waals surface area contributed by atoms with E-state index in [0.717, 1.165) is 43.6 Å². The number of hydrogen-bond acceptors (Lipinski definition) is 7. The molecule has 28 heavy (non-hydrogen) atoms. The molecule has 0 radical (unpaired) electrons. The molecule has 0 saturated heterocycles. The summed E-state index contributed by atoms with van der Waals surface area (Å²) >= 11 is 0. The lowest BCUT2D eigenvalue weighted by Gasteiger charge is -2.19. The first-order valence-corrected chi connectivity index (χ1v) is 11.1. The number of sulfone groups is 1. The first-order chi connectivity index (χ1) is 13.2. The number of nitrogens with one attached hydrogen (secondary N) is 1. The molecule has 0 aliphatic carbocycles. The minimum atomic E-state index is -3.55. The van der Waals surface area contributed by atoms with Gasteiger partial charge in [0.25, 0.3) is 0 Å².